The lowest BCUT2D eigenvalue weighted by Gasteiger charge is -2.16. The highest BCUT2D eigenvalue weighted by molar-refractivity contribution is 7.91. The zero-order chi connectivity index (χ0) is 15.8. The van der Waals surface area contributed by atoms with Crippen molar-refractivity contribution in [2.45, 2.75) is 17.4 Å². The van der Waals surface area contributed by atoms with E-state index in [1.165, 1.54) is 26.2 Å². The molecule has 9 heteroatoms. The number of nitrogens with zero attached hydrogens (tertiary/aromatic N) is 1. The van der Waals surface area contributed by atoms with E-state index < -0.39 is 19.9 Å². The van der Waals surface area contributed by atoms with Gasteiger partial charge < -0.3 is 11.1 Å². The van der Waals surface area contributed by atoms with Crippen molar-refractivity contribution in [3.8, 4) is 0 Å². The average molecular weight is 333 g/mol. The Balaban J connectivity index is 2.21. The number of nitrogens with one attached hydrogen (secondary N) is 1. The summed E-state index contributed by atoms with van der Waals surface area (Å²) in [5, 5.41) is 3.06. The largest absolute Gasteiger partial charge is 0.397 e. The van der Waals surface area contributed by atoms with Crippen LogP contribution in [0.4, 0.5) is 11.4 Å². The molecular formula is C12H19N3O4S2. The molecule has 21 heavy (non-hydrogen) atoms. The first-order valence-corrected chi connectivity index (χ1v) is 9.67. The van der Waals surface area contributed by atoms with Gasteiger partial charge >= 0.3 is 0 Å². The van der Waals surface area contributed by atoms with Crippen molar-refractivity contribution in [2.75, 3.05) is 36.7 Å². The van der Waals surface area contributed by atoms with Crippen LogP contribution in [-0.2, 0) is 19.9 Å². The molecule has 1 aliphatic heterocycles. The highest BCUT2D eigenvalue weighted by Gasteiger charge is 2.28. The zero-order valence-corrected chi connectivity index (χ0v) is 13.5. The predicted octanol–water partition coefficient (Wildman–Crippen LogP) is 0.118. The Morgan fingerprint density at radius 2 is 2.00 bits per heavy atom. The molecule has 1 heterocycles. The summed E-state index contributed by atoms with van der Waals surface area (Å²) in [5.41, 5.74) is 6.70. The molecule has 0 amide bonds. The van der Waals surface area contributed by atoms with Gasteiger partial charge in [0.05, 0.1) is 27.8 Å². The number of rotatable bonds is 4. The summed E-state index contributed by atoms with van der Waals surface area (Å²) in [7, 11) is -3.62. The second-order valence-electron chi connectivity index (χ2n) is 5.28. The average Bonchev–Trinajstić information content (AvgIpc) is 2.71. The topological polar surface area (TPSA) is 110 Å². The van der Waals surface area contributed by atoms with Crippen LogP contribution >= 0.6 is 0 Å². The summed E-state index contributed by atoms with van der Waals surface area (Å²) in [6.07, 6.45) is 0.527. The van der Waals surface area contributed by atoms with Crippen LogP contribution in [0.15, 0.2) is 23.1 Å². The normalized spacial score (nSPS) is 21.6. The van der Waals surface area contributed by atoms with Crippen molar-refractivity contribution in [1.82, 2.24) is 4.31 Å². The number of nitrogen functional groups attached to an aromatic ring is 1. The maximum absolute atomic E-state index is 12.0. The SMILES string of the molecule is CN(C)S(=O)(=O)c1ccc(NC2CCS(=O)(=O)C2)c(N)c1. The van der Waals surface area contributed by atoms with Gasteiger partial charge in [0, 0.05) is 20.1 Å². The van der Waals surface area contributed by atoms with Gasteiger partial charge in [-0.25, -0.2) is 21.1 Å². The Morgan fingerprint density at radius 1 is 1.33 bits per heavy atom. The van der Waals surface area contributed by atoms with Crippen LogP contribution in [-0.4, -0.2) is 52.8 Å². The molecule has 1 aromatic rings. The summed E-state index contributed by atoms with van der Waals surface area (Å²) in [4.78, 5) is 0.106. The van der Waals surface area contributed by atoms with E-state index in [1.807, 2.05) is 0 Å². The molecule has 1 unspecified atom stereocenters. The summed E-state index contributed by atoms with van der Waals surface area (Å²) < 4.78 is 47.9. The fraction of sp³-hybridized carbons (Fsp3) is 0.500. The number of nitrogens with two attached hydrogens (primary N) is 1. The molecule has 0 spiro atoms. The van der Waals surface area contributed by atoms with E-state index in [1.54, 1.807) is 6.07 Å². The van der Waals surface area contributed by atoms with E-state index in [9.17, 15) is 16.8 Å². The van der Waals surface area contributed by atoms with E-state index >= 15 is 0 Å². The van der Waals surface area contributed by atoms with Crippen LogP contribution < -0.4 is 11.1 Å². The first-order chi connectivity index (χ1) is 9.62. The van der Waals surface area contributed by atoms with Gasteiger partial charge in [-0.3, -0.25) is 0 Å². The number of hydrogen-bond acceptors (Lipinski definition) is 6. The Bertz CT molecular complexity index is 742. The van der Waals surface area contributed by atoms with Gasteiger partial charge in [-0.05, 0) is 24.6 Å². The smallest absolute Gasteiger partial charge is 0.242 e. The standard InChI is InChI=1S/C12H19N3O4S2/c1-15(2)21(18,19)10-3-4-12(11(13)7-10)14-9-5-6-20(16,17)8-9/h3-4,7,9,14H,5-6,8,13H2,1-2H3. The van der Waals surface area contributed by atoms with Crippen molar-refractivity contribution < 1.29 is 16.8 Å². The van der Waals surface area contributed by atoms with Crippen LogP contribution in [0, 0.1) is 0 Å². The molecule has 2 rings (SSSR count). The van der Waals surface area contributed by atoms with Crippen molar-refractivity contribution in [1.29, 1.82) is 0 Å². The lowest BCUT2D eigenvalue weighted by molar-refractivity contribution is 0.521. The highest BCUT2D eigenvalue weighted by atomic mass is 32.2. The van der Waals surface area contributed by atoms with E-state index in [0.29, 0.717) is 12.1 Å². The first-order valence-electron chi connectivity index (χ1n) is 6.41. The van der Waals surface area contributed by atoms with Crippen molar-refractivity contribution in [2.24, 2.45) is 0 Å². The van der Waals surface area contributed by atoms with Crippen LogP contribution in [0.25, 0.3) is 0 Å². The monoisotopic (exact) mass is 333 g/mol. The molecule has 7 nitrogen and oxygen atoms in total. The molecule has 1 fully saturated rings. The Hall–Kier alpha value is -1.32. The van der Waals surface area contributed by atoms with Crippen molar-refractivity contribution in [3.05, 3.63) is 18.2 Å². The van der Waals surface area contributed by atoms with Crippen LogP contribution in [0.2, 0.25) is 0 Å². The Labute approximate surface area is 125 Å². The minimum absolute atomic E-state index is 0.0736. The van der Waals surface area contributed by atoms with Crippen molar-refractivity contribution in [3.63, 3.8) is 0 Å². The molecule has 1 saturated heterocycles. The minimum Gasteiger partial charge on any atom is -0.397 e. The second kappa shape index (κ2) is 5.47. The molecule has 1 atom stereocenters. The molecule has 0 saturated carbocycles. The zero-order valence-electron chi connectivity index (χ0n) is 11.9. The quantitative estimate of drug-likeness (QED) is 0.757. The lowest BCUT2D eigenvalue weighted by atomic mass is 10.2. The van der Waals surface area contributed by atoms with E-state index in [0.717, 1.165) is 4.31 Å². The third-order valence-corrected chi connectivity index (χ3v) is 6.97. The summed E-state index contributed by atoms with van der Waals surface area (Å²) >= 11 is 0. The summed E-state index contributed by atoms with van der Waals surface area (Å²) in [5.74, 6) is 0.238. The minimum atomic E-state index is -3.53. The van der Waals surface area contributed by atoms with Gasteiger partial charge in [0.15, 0.2) is 9.84 Å². The van der Waals surface area contributed by atoms with Gasteiger partial charge in [0.1, 0.15) is 0 Å². The van der Waals surface area contributed by atoms with Crippen LogP contribution in [0.1, 0.15) is 6.42 Å². The van der Waals surface area contributed by atoms with Crippen LogP contribution in [0.3, 0.4) is 0 Å². The summed E-state index contributed by atoms with van der Waals surface area (Å²) in [6.45, 7) is 0. The molecule has 1 aromatic carbocycles. The number of sulfonamides is 1. The fourth-order valence-corrected chi connectivity index (χ4v) is 4.78. The van der Waals surface area contributed by atoms with Gasteiger partial charge in [-0.1, -0.05) is 0 Å². The number of benzene rings is 1. The molecule has 118 valence electrons. The number of anilines is 2. The predicted molar refractivity (Wildman–Crippen MR) is 82.4 cm³/mol. The maximum atomic E-state index is 12.0. The van der Waals surface area contributed by atoms with Crippen molar-refractivity contribution >= 4 is 31.2 Å². The first kappa shape index (κ1) is 16.1. The molecule has 1 aliphatic rings. The fourth-order valence-electron chi connectivity index (χ4n) is 2.17. The molecule has 0 aliphatic carbocycles. The van der Waals surface area contributed by atoms with E-state index in [2.05, 4.69) is 5.32 Å². The number of hydrogen-bond donors (Lipinski definition) is 2. The molecule has 3 N–H and O–H groups in total. The van der Waals surface area contributed by atoms with Gasteiger partial charge in [-0.15, -0.1) is 0 Å². The highest BCUT2D eigenvalue weighted by Crippen LogP contribution is 2.26. The van der Waals surface area contributed by atoms with Gasteiger partial charge in [0.2, 0.25) is 10.0 Å². The Kier molecular flexibility index (Phi) is 4.18. The molecule has 0 radical (unpaired) electrons. The van der Waals surface area contributed by atoms with E-state index in [4.69, 9.17) is 5.73 Å². The molecule has 0 bridgehead atoms. The maximum Gasteiger partial charge on any atom is 0.242 e. The van der Waals surface area contributed by atoms with Crippen LogP contribution in [0.5, 0.6) is 0 Å². The lowest BCUT2D eigenvalue weighted by Crippen LogP contribution is -2.23. The third-order valence-electron chi connectivity index (χ3n) is 3.39. The second-order valence-corrected chi connectivity index (χ2v) is 9.66. The number of sulfone groups is 1. The third kappa shape index (κ3) is 3.47. The molecule has 0 aromatic heterocycles. The van der Waals surface area contributed by atoms with Gasteiger partial charge in [-0.2, -0.15) is 0 Å². The Morgan fingerprint density at radius 3 is 2.48 bits per heavy atom. The van der Waals surface area contributed by atoms with E-state index in [-0.39, 0.29) is 28.1 Å². The summed E-state index contributed by atoms with van der Waals surface area (Å²) in [6, 6.07) is 4.21. The molecular weight excluding hydrogens is 314 g/mol. The van der Waals surface area contributed by atoms with Gasteiger partial charge in [0.25, 0.3) is 0 Å².